The third-order valence-electron chi connectivity index (χ3n) is 5.49. The number of rotatable bonds is 1. The first-order chi connectivity index (χ1) is 10.1. The second-order valence-corrected chi connectivity index (χ2v) is 5.93. The number of carbonyl (C=O) groups excluding carboxylic acids is 1. The van der Waals surface area contributed by atoms with Crippen LogP contribution in [-0.2, 0) is 4.79 Å². The molecule has 3 heteroatoms. The van der Waals surface area contributed by atoms with Crippen molar-refractivity contribution >= 4 is 6.29 Å². The average Bonchev–Trinajstić information content (AvgIpc) is 2.45. The van der Waals surface area contributed by atoms with Crippen molar-refractivity contribution in [3.05, 3.63) is 35.6 Å². The van der Waals surface area contributed by atoms with Gasteiger partial charge in [0.2, 0.25) is 0 Å². The van der Waals surface area contributed by atoms with Crippen molar-refractivity contribution < 1.29 is 14.3 Å². The molecule has 0 saturated heterocycles. The maximum atomic E-state index is 12.9. The summed E-state index contributed by atoms with van der Waals surface area (Å²) in [6, 6.07) is 6.96. The molecule has 1 aromatic carbocycles. The minimum absolute atomic E-state index is 0.0482. The number of carbonyl (C=O) groups is 1. The lowest BCUT2D eigenvalue weighted by Gasteiger charge is -2.77. The number of terminal acetylenes is 1. The van der Waals surface area contributed by atoms with Gasteiger partial charge in [-0.15, -0.1) is 12.8 Å². The molecule has 0 aliphatic heterocycles. The largest absolute Gasteiger partial charge is 0.393 e. The number of hydrogen-bond donors (Lipinski definition) is 1. The van der Waals surface area contributed by atoms with Gasteiger partial charge in [0.15, 0.2) is 0 Å². The number of benzene rings is 1. The Morgan fingerprint density at radius 2 is 1.86 bits per heavy atom. The van der Waals surface area contributed by atoms with E-state index in [0.717, 1.165) is 12.7 Å². The zero-order valence-corrected chi connectivity index (χ0v) is 12.2. The second kappa shape index (κ2) is 5.99. The van der Waals surface area contributed by atoms with Crippen molar-refractivity contribution in [3.8, 4) is 12.8 Å². The Morgan fingerprint density at radius 1 is 1.29 bits per heavy atom. The van der Waals surface area contributed by atoms with E-state index >= 15 is 0 Å². The molecule has 3 fully saturated rings. The van der Waals surface area contributed by atoms with Crippen LogP contribution in [0.4, 0.5) is 4.39 Å². The lowest BCUT2D eigenvalue weighted by atomic mass is 9.27. The molecule has 0 heterocycles. The van der Waals surface area contributed by atoms with Crippen LogP contribution in [0, 0.1) is 35.9 Å². The molecule has 0 radical (unpaired) electrons. The van der Waals surface area contributed by atoms with Crippen LogP contribution in [0.25, 0.3) is 0 Å². The van der Waals surface area contributed by atoms with Gasteiger partial charge in [-0.25, -0.2) is 4.39 Å². The molecule has 4 rings (SSSR count). The van der Waals surface area contributed by atoms with Crippen molar-refractivity contribution in [1.29, 1.82) is 0 Å². The summed E-state index contributed by atoms with van der Waals surface area (Å²) in [7, 11) is 0. The summed E-state index contributed by atoms with van der Waals surface area (Å²) in [5, 5.41) is 9.87. The van der Waals surface area contributed by atoms with E-state index in [2.05, 4.69) is 12.8 Å². The van der Waals surface area contributed by atoms with Gasteiger partial charge in [0.05, 0.1) is 6.10 Å². The van der Waals surface area contributed by atoms with Crippen molar-refractivity contribution in [1.82, 2.24) is 0 Å². The SMILES string of the molecule is C#C.CC=O.O[C@H]1CC2[C@@H](c3ccc(F)cc3)C3CCC321. The molecule has 2 nitrogen and oxygen atoms in total. The molecule has 112 valence electrons. The molecule has 1 N–H and O–H groups in total. The van der Waals surface area contributed by atoms with Gasteiger partial charge in [-0.2, -0.15) is 0 Å². The first-order valence-electron chi connectivity index (χ1n) is 7.31. The standard InChI is InChI=1S/C14H15FO.C2H4O.C2H2/c15-9-3-1-8(2-4-9)13-10-5-6-14(10)11(13)7-12(14)16;1-2-3;1-2/h1-4,10-13,16H,5-7H2;2H,1H3;1-2H/t10?,11?,12-,13-,14?;;/m0../s1. The molecule has 3 aliphatic rings. The van der Waals surface area contributed by atoms with Gasteiger partial charge in [-0.3, -0.25) is 0 Å². The maximum absolute atomic E-state index is 12.9. The third-order valence-corrected chi connectivity index (χ3v) is 5.49. The van der Waals surface area contributed by atoms with Crippen LogP contribution in [-0.4, -0.2) is 17.5 Å². The first-order valence-corrected chi connectivity index (χ1v) is 7.31. The quantitative estimate of drug-likeness (QED) is 0.636. The normalized spacial score (nSPS) is 37.4. The molecule has 5 atom stereocenters. The number of hydrogen-bond acceptors (Lipinski definition) is 2. The predicted molar refractivity (Wildman–Crippen MR) is 80.0 cm³/mol. The topological polar surface area (TPSA) is 37.3 Å². The minimum atomic E-state index is -0.156. The van der Waals surface area contributed by atoms with Gasteiger partial charge < -0.3 is 9.90 Å². The van der Waals surface area contributed by atoms with E-state index < -0.39 is 0 Å². The molecule has 3 saturated carbocycles. The van der Waals surface area contributed by atoms with E-state index in [4.69, 9.17) is 4.79 Å². The smallest absolute Gasteiger partial charge is 0.123 e. The van der Waals surface area contributed by atoms with E-state index in [1.807, 2.05) is 12.1 Å². The van der Waals surface area contributed by atoms with Gasteiger partial charge in [-0.05, 0) is 61.6 Å². The van der Waals surface area contributed by atoms with Gasteiger partial charge in [0.25, 0.3) is 0 Å². The fraction of sp³-hybridized carbons (Fsp3) is 0.500. The highest BCUT2D eigenvalue weighted by molar-refractivity contribution is 5.44. The Labute approximate surface area is 125 Å². The average molecular weight is 288 g/mol. The van der Waals surface area contributed by atoms with E-state index in [1.54, 1.807) is 12.1 Å². The summed E-state index contributed by atoms with van der Waals surface area (Å²) in [6.07, 6.45) is 12.1. The molecule has 0 aromatic heterocycles. The lowest BCUT2D eigenvalue weighted by Crippen LogP contribution is -2.74. The fourth-order valence-electron chi connectivity index (χ4n) is 4.59. The molecular weight excluding hydrogens is 267 g/mol. The number of aliphatic hydroxyl groups is 1. The van der Waals surface area contributed by atoms with Gasteiger partial charge >= 0.3 is 0 Å². The summed E-state index contributed by atoms with van der Waals surface area (Å²) < 4.78 is 12.9. The molecule has 0 bridgehead atoms. The number of halogens is 1. The highest BCUT2D eigenvalue weighted by Crippen LogP contribution is 2.79. The minimum Gasteiger partial charge on any atom is -0.393 e. The summed E-state index contributed by atoms with van der Waals surface area (Å²) in [4.78, 5) is 8.81. The predicted octanol–water partition coefficient (Wildman–Crippen LogP) is 3.15. The van der Waals surface area contributed by atoms with Gasteiger partial charge in [-0.1, -0.05) is 12.1 Å². The maximum Gasteiger partial charge on any atom is 0.123 e. The Morgan fingerprint density at radius 3 is 2.24 bits per heavy atom. The zero-order chi connectivity index (χ0) is 15.6. The summed E-state index contributed by atoms with van der Waals surface area (Å²) >= 11 is 0. The van der Waals surface area contributed by atoms with E-state index in [9.17, 15) is 9.50 Å². The summed E-state index contributed by atoms with van der Waals surface area (Å²) in [6.45, 7) is 1.44. The van der Waals surface area contributed by atoms with Crippen LogP contribution in [0.2, 0.25) is 0 Å². The molecule has 3 aliphatic carbocycles. The van der Waals surface area contributed by atoms with Gasteiger partial charge in [0.1, 0.15) is 12.1 Å². The molecule has 3 unspecified atom stereocenters. The molecule has 1 aromatic rings. The van der Waals surface area contributed by atoms with Crippen LogP contribution in [0.15, 0.2) is 24.3 Å². The van der Waals surface area contributed by atoms with E-state index in [-0.39, 0.29) is 11.9 Å². The van der Waals surface area contributed by atoms with E-state index in [0.29, 0.717) is 23.2 Å². The van der Waals surface area contributed by atoms with Crippen LogP contribution in [0.1, 0.15) is 37.7 Å². The van der Waals surface area contributed by atoms with Crippen molar-refractivity contribution in [2.24, 2.45) is 17.3 Å². The Balaban J connectivity index is 0.000000291. The third kappa shape index (κ3) is 2.10. The summed E-state index contributed by atoms with van der Waals surface area (Å²) in [5.41, 5.74) is 1.57. The lowest BCUT2D eigenvalue weighted by molar-refractivity contribution is -0.303. The highest BCUT2D eigenvalue weighted by Gasteiger charge is 2.75. The zero-order valence-electron chi connectivity index (χ0n) is 12.2. The van der Waals surface area contributed by atoms with E-state index in [1.165, 1.54) is 25.3 Å². The monoisotopic (exact) mass is 288 g/mol. The Hall–Kier alpha value is -1.66. The molecule has 1 spiro atoms. The number of aliphatic hydroxyl groups excluding tert-OH is 1. The Bertz CT molecular complexity index is 514. The van der Waals surface area contributed by atoms with Crippen LogP contribution in [0.5, 0.6) is 0 Å². The van der Waals surface area contributed by atoms with Crippen LogP contribution in [0.3, 0.4) is 0 Å². The van der Waals surface area contributed by atoms with Crippen LogP contribution < -0.4 is 0 Å². The second-order valence-electron chi connectivity index (χ2n) is 5.93. The Kier molecular flexibility index (Phi) is 4.49. The van der Waals surface area contributed by atoms with Crippen molar-refractivity contribution in [3.63, 3.8) is 0 Å². The number of aldehydes is 1. The van der Waals surface area contributed by atoms with Crippen molar-refractivity contribution in [2.45, 2.75) is 38.2 Å². The molecule has 21 heavy (non-hydrogen) atoms. The first kappa shape index (κ1) is 15.7. The van der Waals surface area contributed by atoms with Crippen LogP contribution >= 0.6 is 0 Å². The molecular formula is C18H21FO2. The highest BCUT2D eigenvalue weighted by atomic mass is 19.1. The van der Waals surface area contributed by atoms with Crippen molar-refractivity contribution in [2.75, 3.05) is 0 Å². The summed E-state index contributed by atoms with van der Waals surface area (Å²) in [5.74, 6) is 1.78. The fourth-order valence-corrected chi connectivity index (χ4v) is 4.59. The molecule has 0 amide bonds. The van der Waals surface area contributed by atoms with Gasteiger partial charge in [0, 0.05) is 5.41 Å².